The van der Waals surface area contributed by atoms with E-state index in [1.165, 1.54) is 12.1 Å². The van der Waals surface area contributed by atoms with Gasteiger partial charge in [-0.25, -0.2) is 0 Å². The van der Waals surface area contributed by atoms with Gasteiger partial charge in [-0.3, -0.25) is 14.9 Å². The summed E-state index contributed by atoms with van der Waals surface area (Å²) in [6.07, 6.45) is 0. The van der Waals surface area contributed by atoms with E-state index in [-0.39, 0.29) is 23.7 Å². The highest BCUT2D eigenvalue weighted by Gasteiger charge is 2.28. The lowest BCUT2D eigenvalue weighted by molar-refractivity contribution is -0.384. The maximum atomic E-state index is 11.9. The van der Waals surface area contributed by atoms with Crippen molar-refractivity contribution in [2.45, 2.75) is 25.9 Å². The summed E-state index contributed by atoms with van der Waals surface area (Å²) in [6.45, 7) is 3.73. The van der Waals surface area contributed by atoms with Crippen LogP contribution in [0.2, 0.25) is 0 Å². The minimum Gasteiger partial charge on any atom is -0.374 e. The molecule has 0 fully saturated rings. The lowest BCUT2D eigenvalue weighted by Crippen LogP contribution is -2.40. The normalized spacial score (nSPS) is 23.1. The number of nitrogens with one attached hydrogen (secondary N) is 2. The van der Waals surface area contributed by atoms with Crippen LogP contribution in [0.5, 0.6) is 0 Å². The van der Waals surface area contributed by atoms with Crippen molar-refractivity contribution in [3.63, 3.8) is 0 Å². The van der Waals surface area contributed by atoms with Crippen LogP contribution in [0.4, 0.5) is 11.4 Å². The van der Waals surface area contributed by atoms with Gasteiger partial charge < -0.3 is 10.6 Å². The van der Waals surface area contributed by atoms with Gasteiger partial charge in [-0.1, -0.05) is 6.07 Å². The van der Waals surface area contributed by atoms with Crippen LogP contribution in [0, 0.1) is 10.1 Å². The number of fused-ring (bicyclic) bond motifs is 1. The molecule has 0 saturated carbocycles. The van der Waals surface area contributed by atoms with Crippen LogP contribution in [0.25, 0.3) is 0 Å². The maximum Gasteiger partial charge on any atom is 0.293 e. The van der Waals surface area contributed by atoms with Gasteiger partial charge >= 0.3 is 0 Å². The molecule has 1 aliphatic rings. The van der Waals surface area contributed by atoms with Crippen molar-refractivity contribution in [1.29, 1.82) is 0 Å². The molecule has 90 valence electrons. The first-order valence-corrected chi connectivity index (χ1v) is 5.35. The topological polar surface area (TPSA) is 84.3 Å². The molecule has 1 aromatic rings. The van der Waals surface area contributed by atoms with Crippen molar-refractivity contribution in [3.05, 3.63) is 33.9 Å². The Labute approximate surface area is 98.2 Å². The third-order valence-electron chi connectivity index (χ3n) is 2.96. The summed E-state index contributed by atoms with van der Waals surface area (Å²) in [4.78, 5) is 22.3. The van der Waals surface area contributed by atoms with Crippen LogP contribution in [0.15, 0.2) is 18.2 Å². The summed E-state index contributed by atoms with van der Waals surface area (Å²) >= 11 is 0. The average Bonchev–Trinajstić information content (AvgIpc) is 2.37. The number of amides is 1. The smallest absolute Gasteiger partial charge is 0.293 e. The molecule has 0 saturated heterocycles. The molecule has 1 amide bonds. The summed E-state index contributed by atoms with van der Waals surface area (Å²) in [5.41, 5.74) is 0.542. The zero-order valence-corrected chi connectivity index (χ0v) is 9.56. The monoisotopic (exact) mass is 235 g/mol. The zero-order valence-electron chi connectivity index (χ0n) is 9.56. The highest BCUT2D eigenvalue weighted by atomic mass is 16.6. The Morgan fingerprint density at radius 2 is 1.88 bits per heavy atom. The number of hydrogen-bond donors (Lipinski definition) is 2. The van der Waals surface area contributed by atoms with Gasteiger partial charge in [0.05, 0.1) is 10.5 Å². The second-order valence-corrected chi connectivity index (χ2v) is 4.15. The predicted molar refractivity (Wildman–Crippen MR) is 63.1 cm³/mol. The number of hydrogen-bond acceptors (Lipinski definition) is 4. The quantitative estimate of drug-likeness (QED) is 0.571. The van der Waals surface area contributed by atoms with Gasteiger partial charge in [0.25, 0.3) is 11.6 Å². The van der Waals surface area contributed by atoms with E-state index in [1.54, 1.807) is 6.07 Å². The van der Waals surface area contributed by atoms with E-state index in [2.05, 4.69) is 10.6 Å². The number of carbonyl (C=O) groups excluding carboxylic acids is 1. The van der Waals surface area contributed by atoms with Crippen LogP contribution in [0.1, 0.15) is 24.2 Å². The lowest BCUT2D eigenvalue weighted by atomic mass is 10.1. The van der Waals surface area contributed by atoms with Gasteiger partial charge in [0.1, 0.15) is 5.69 Å². The standard InChI is InChI=1S/C11H13N3O3/c1-6-7(2)13-11(15)8-4-3-5-9(14(16)17)10(8)12-6/h3-7,12H,1-2H3,(H,13,15)/t6-,7-/m1/s1. The van der Waals surface area contributed by atoms with E-state index in [1.807, 2.05) is 13.8 Å². The Morgan fingerprint density at radius 3 is 2.53 bits per heavy atom. The van der Waals surface area contributed by atoms with E-state index in [4.69, 9.17) is 0 Å². The molecule has 1 aliphatic heterocycles. The molecule has 17 heavy (non-hydrogen) atoms. The Balaban J connectivity index is 2.57. The van der Waals surface area contributed by atoms with Crippen molar-refractivity contribution in [3.8, 4) is 0 Å². The fraction of sp³-hybridized carbons (Fsp3) is 0.364. The van der Waals surface area contributed by atoms with Crippen LogP contribution < -0.4 is 10.6 Å². The van der Waals surface area contributed by atoms with Crippen LogP contribution >= 0.6 is 0 Å². The number of para-hydroxylation sites is 1. The van der Waals surface area contributed by atoms with E-state index in [0.717, 1.165) is 0 Å². The molecular formula is C11H13N3O3. The van der Waals surface area contributed by atoms with Crippen molar-refractivity contribution in [2.24, 2.45) is 0 Å². The average molecular weight is 235 g/mol. The molecule has 1 heterocycles. The molecule has 0 unspecified atom stereocenters. The van der Waals surface area contributed by atoms with Gasteiger partial charge in [-0.05, 0) is 19.9 Å². The number of benzene rings is 1. The Morgan fingerprint density at radius 1 is 1.24 bits per heavy atom. The van der Waals surface area contributed by atoms with Crippen LogP contribution in [0.3, 0.4) is 0 Å². The molecule has 6 heteroatoms. The van der Waals surface area contributed by atoms with Crippen molar-refractivity contribution < 1.29 is 9.72 Å². The minimum absolute atomic E-state index is 0.0682. The fourth-order valence-corrected chi connectivity index (χ4v) is 1.80. The molecule has 6 nitrogen and oxygen atoms in total. The van der Waals surface area contributed by atoms with Gasteiger partial charge in [-0.2, -0.15) is 0 Å². The fourth-order valence-electron chi connectivity index (χ4n) is 1.80. The number of nitro groups is 1. The number of carbonyl (C=O) groups is 1. The zero-order chi connectivity index (χ0) is 12.6. The Kier molecular flexibility index (Phi) is 2.71. The van der Waals surface area contributed by atoms with Gasteiger partial charge in [-0.15, -0.1) is 0 Å². The first-order valence-electron chi connectivity index (χ1n) is 5.35. The largest absolute Gasteiger partial charge is 0.374 e. The second kappa shape index (κ2) is 4.04. The molecule has 0 aromatic heterocycles. The SMILES string of the molecule is C[C@H]1NC(=O)c2cccc([N+](=O)[O-])c2N[C@@H]1C. The van der Waals surface area contributed by atoms with Crippen molar-refractivity contribution in [1.82, 2.24) is 5.32 Å². The molecular weight excluding hydrogens is 222 g/mol. The van der Waals surface area contributed by atoms with E-state index < -0.39 is 4.92 Å². The summed E-state index contributed by atoms with van der Waals surface area (Å²) in [7, 11) is 0. The van der Waals surface area contributed by atoms with E-state index in [0.29, 0.717) is 11.3 Å². The maximum absolute atomic E-state index is 11.9. The first kappa shape index (κ1) is 11.4. The number of rotatable bonds is 1. The van der Waals surface area contributed by atoms with Crippen LogP contribution in [-0.2, 0) is 0 Å². The highest BCUT2D eigenvalue weighted by Crippen LogP contribution is 2.30. The summed E-state index contributed by atoms with van der Waals surface area (Å²) in [5, 5.41) is 16.7. The number of anilines is 1. The Hall–Kier alpha value is -2.11. The second-order valence-electron chi connectivity index (χ2n) is 4.15. The third kappa shape index (κ3) is 1.93. The molecule has 0 spiro atoms. The van der Waals surface area contributed by atoms with Crippen LogP contribution in [-0.4, -0.2) is 22.9 Å². The van der Waals surface area contributed by atoms with Gasteiger partial charge in [0, 0.05) is 18.2 Å². The number of nitrogens with zero attached hydrogens (tertiary/aromatic N) is 1. The van der Waals surface area contributed by atoms with E-state index in [9.17, 15) is 14.9 Å². The van der Waals surface area contributed by atoms with E-state index >= 15 is 0 Å². The molecule has 2 N–H and O–H groups in total. The molecule has 0 aliphatic carbocycles. The number of nitro benzene ring substituents is 1. The van der Waals surface area contributed by atoms with Crippen molar-refractivity contribution >= 4 is 17.3 Å². The van der Waals surface area contributed by atoms with Crippen molar-refractivity contribution in [2.75, 3.05) is 5.32 Å². The summed E-state index contributed by atoms with van der Waals surface area (Å²) in [5.74, 6) is -0.284. The molecule has 0 bridgehead atoms. The van der Waals surface area contributed by atoms with Gasteiger partial charge in [0.2, 0.25) is 0 Å². The molecule has 1 aromatic carbocycles. The highest BCUT2D eigenvalue weighted by molar-refractivity contribution is 6.02. The Bertz CT molecular complexity index is 487. The lowest BCUT2D eigenvalue weighted by Gasteiger charge is -2.18. The third-order valence-corrected chi connectivity index (χ3v) is 2.96. The predicted octanol–water partition coefficient (Wildman–Crippen LogP) is 1.53. The molecule has 2 atom stereocenters. The van der Waals surface area contributed by atoms with Gasteiger partial charge in [0.15, 0.2) is 0 Å². The summed E-state index contributed by atoms with van der Waals surface area (Å²) < 4.78 is 0. The molecule has 2 rings (SSSR count). The minimum atomic E-state index is -0.484. The molecule has 0 radical (unpaired) electrons. The summed E-state index contributed by atoms with van der Waals surface area (Å²) in [6, 6.07) is 4.33. The first-order chi connectivity index (χ1) is 8.00.